The second kappa shape index (κ2) is 7.13. The van der Waals surface area contributed by atoms with Gasteiger partial charge in [-0.05, 0) is 51.1 Å². The highest BCUT2D eigenvalue weighted by Gasteiger charge is 2.33. The Morgan fingerprint density at radius 1 is 1.17 bits per heavy atom. The molecule has 3 nitrogen and oxygen atoms in total. The van der Waals surface area contributed by atoms with E-state index in [1.807, 2.05) is 0 Å². The molecule has 0 bridgehead atoms. The predicted octanol–water partition coefficient (Wildman–Crippen LogP) is 2.56. The summed E-state index contributed by atoms with van der Waals surface area (Å²) in [4.78, 5) is 14.5. The van der Waals surface area contributed by atoms with Crippen molar-refractivity contribution in [1.82, 2.24) is 10.2 Å². The molecule has 1 heterocycles. The fourth-order valence-electron chi connectivity index (χ4n) is 2.85. The quantitative estimate of drug-likeness (QED) is 0.706. The summed E-state index contributed by atoms with van der Waals surface area (Å²) >= 11 is 0. The topological polar surface area (TPSA) is 32.3 Å². The lowest BCUT2D eigenvalue weighted by Gasteiger charge is -2.30. The summed E-state index contributed by atoms with van der Waals surface area (Å²) in [6.45, 7) is 5.48. The first-order valence-electron chi connectivity index (χ1n) is 7.81. The fraction of sp³-hybridized carbons (Fsp3) is 0.933. The molecule has 1 N–H and O–H groups in total. The van der Waals surface area contributed by atoms with Crippen LogP contribution in [0, 0.1) is 5.92 Å². The van der Waals surface area contributed by atoms with Crippen LogP contribution in [0.15, 0.2) is 0 Å². The van der Waals surface area contributed by atoms with Crippen LogP contribution in [0.1, 0.15) is 58.3 Å². The first kappa shape index (κ1) is 13.9. The lowest BCUT2D eigenvalue weighted by Crippen LogP contribution is -2.40. The maximum atomic E-state index is 12.3. The molecule has 104 valence electrons. The monoisotopic (exact) mass is 252 g/mol. The average Bonchev–Trinajstić information content (AvgIpc) is 3.21. The van der Waals surface area contributed by atoms with Gasteiger partial charge in [-0.15, -0.1) is 0 Å². The van der Waals surface area contributed by atoms with Crippen LogP contribution in [0.2, 0.25) is 0 Å². The molecule has 0 atom stereocenters. The number of amides is 1. The number of nitrogens with one attached hydrogen (secondary N) is 1. The fourth-order valence-corrected chi connectivity index (χ4v) is 2.85. The summed E-state index contributed by atoms with van der Waals surface area (Å²) in [6, 6.07) is 0.592. The van der Waals surface area contributed by atoms with Gasteiger partial charge in [-0.25, -0.2) is 0 Å². The maximum absolute atomic E-state index is 12.3. The molecule has 1 saturated carbocycles. The van der Waals surface area contributed by atoms with E-state index >= 15 is 0 Å². The zero-order chi connectivity index (χ0) is 12.8. The van der Waals surface area contributed by atoms with Crippen molar-refractivity contribution in [2.45, 2.75) is 64.3 Å². The molecule has 3 heteroatoms. The first-order chi connectivity index (χ1) is 8.81. The van der Waals surface area contributed by atoms with Crippen molar-refractivity contribution in [3.05, 3.63) is 0 Å². The van der Waals surface area contributed by atoms with Crippen molar-refractivity contribution in [2.24, 2.45) is 5.92 Å². The molecule has 0 aromatic carbocycles. The number of carbonyl (C=O) groups is 1. The molecule has 18 heavy (non-hydrogen) atoms. The first-order valence-corrected chi connectivity index (χ1v) is 7.81. The minimum absolute atomic E-state index is 0.421. The third-order valence-corrected chi connectivity index (χ3v) is 4.22. The third-order valence-electron chi connectivity index (χ3n) is 4.22. The summed E-state index contributed by atoms with van der Waals surface area (Å²) < 4.78 is 0. The Hall–Kier alpha value is -0.570. The highest BCUT2D eigenvalue weighted by molar-refractivity contribution is 5.76. The zero-order valence-corrected chi connectivity index (χ0v) is 11.8. The molecular weight excluding hydrogens is 224 g/mol. The van der Waals surface area contributed by atoms with Gasteiger partial charge in [0.25, 0.3) is 0 Å². The molecular formula is C15H28N2O. The molecule has 2 aliphatic rings. The van der Waals surface area contributed by atoms with Crippen molar-refractivity contribution in [3.63, 3.8) is 0 Å². The molecule has 0 aromatic heterocycles. The zero-order valence-electron chi connectivity index (χ0n) is 11.8. The maximum Gasteiger partial charge on any atom is 0.222 e. The van der Waals surface area contributed by atoms with E-state index in [0.29, 0.717) is 11.9 Å². The molecule has 1 aliphatic heterocycles. The Labute approximate surface area is 111 Å². The molecule has 1 amide bonds. The van der Waals surface area contributed by atoms with E-state index in [-0.39, 0.29) is 0 Å². The summed E-state index contributed by atoms with van der Waals surface area (Å²) in [6.07, 6.45) is 9.20. The number of carbonyl (C=O) groups excluding carboxylic acids is 1. The van der Waals surface area contributed by atoms with Crippen LogP contribution in [0.5, 0.6) is 0 Å². The van der Waals surface area contributed by atoms with Gasteiger partial charge in [0.15, 0.2) is 0 Å². The van der Waals surface area contributed by atoms with Gasteiger partial charge in [0.1, 0.15) is 0 Å². The van der Waals surface area contributed by atoms with Gasteiger partial charge in [-0.1, -0.05) is 19.8 Å². The smallest absolute Gasteiger partial charge is 0.222 e. The lowest BCUT2D eigenvalue weighted by molar-refractivity contribution is -0.132. The van der Waals surface area contributed by atoms with Gasteiger partial charge >= 0.3 is 0 Å². The van der Waals surface area contributed by atoms with E-state index in [2.05, 4.69) is 17.1 Å². The average molecular weight is 252 g/mol. The number of hydrogen-bond donors (Lipinski definition) is 1. The van der Waals surface area contributed by atoms with Crippen molar-refractivity contribution in [1.29, 1.82) is 0 Å². The van der Waals surface area contributed by atoms with Crippen LogP contribution >= 0.6 is 0 Å². The van der Waals surface area contributed by atoms with Gasteiger partial charge in [0.05, 0.1) is 0 Å². The second-order valence-corrected chi connectivity index (χ2v) is 5.93. The van der Waals surface area contributed by atoms with Gasteiger partial charge in [-0.3, -0.25) is 4.79 Å². The lowest BCUT2D eigenvalue weighted by atomic mass is 9.97. The largest absolute Gasteiger partial charge is 0.339 e. The van der Waals surface area contributed by atoms with Gasteiger partial charge < -0.3 is 10.2 Å². The SMILES string of the molecule is CCCCCC(=O)N(CC1CCNCC1)C1CC1. The highest BCUT2D eigenvalue weighted by atomic mass is 16.2. The number of hydrogen-bond acceptors (Lipinski definition) is 2. The molecule has 0 aromatic rings. The number of piperidine rings is 1. The Morgan fingerprint density at radius 3 is 2.50 bits per heavy atom. The van der Waals surface area contributed by atoms with Crippen LogP contribution < -0.4 is 5.32 Å². The minimum Gasteiger partial charge on any atom is -0.339 e. The Bertz CT molecular complexity index is 257. The molecule has 1 aliphatic carbocycles. The van der Waals surface area contributed by atoms with Crippen LogP contribution in [0.3, 0.4) is 0 Å². The van der Waals surface area contributed by atoms with Gasteiger partial charge in [-0.2, -0.15) is 0 Å². The van der Waals surface area contributed by atoms with Crippen LogP contribution in [0.25, 0.3) is 0 Å². The van der Waals surface area contributed by atoms with Crippen LogP contribution in [0.4, 0.5) is 0 Å². The van der Waals surface area contributed by atoms with Gasteiger partial charge in [0.2, 0.25) is 5.91 Å². The van der Waals surface area contributed by atoms with Crippen molar-refractivity contribution in [3.8, 4) is 0 Å². The minimum atomic E-state index is 0.421. The molecule has 0 spiro atoms. The normalized spacial score (nSPS) is 20.9. The van der Waals surface area contributed by atoms with E-state index in [9.17, 15) is 4.79 Å². The molecule has 0 radical (unpaired) electrons. The van der Waals surface area contributed by atoms with E-state index in [0.717, 1.165) is 38.4 Å². The molecule has 2 rings (SSSR count). The third kappa shape index (κ3) is 4.27. The summed E-state index contributed by atoms with van der Waals surface area (Å²) in [5.74, 6) is 1.16. The Kier molecular flexibility index (Phi) is 5.48. The molecule has 0 unspecified atom stereocenters. The van der Waals surface area contributed by atoms with Crippen molar-refractivity contribution < 1.29 is 4.79 Å². The summed E-state index contributed by atoms with van der Waals surface area (Å²) in [5, 5.41) is 3.40. The standard InChI is InChI=1S/C15H28N2O/c1-2-3-4-5-15(18)17(14-6-7-14)12-13-8-10-16-11-9-13/h13-14,16H,2-12H2,1H3. The van der Waals surface area contributed by atoms with Crippen LogP contribution in [-0.2, 0) is 4.79 Å². The highest BCUT2D eigenvalue weighted by Crippen LogP contribution is 2.29. The molecule has 2 fully saturated rings. The predicted molar refractivity (Wildman–Crippen MR) is 74.5 cm³/mol. The number of unbranched alkanes of at least 4 members (excludes halogenated alkanes) is 2. The van der Waals surface area contributed by atoms with E-state index in [1.54, 1.807) is 0 Å². The van der Waals surface area contributed by atoms with Crippen LogP contribution in [-0.4, -0.2) is 36.5 Å². The Morgan fingerprint density at radius 2 is 1.89 bits per heavy atom. The summed E-state index contributed by atoms with van der Waals surface area (Å²) in [5.41, 5.74) is 0. The van der Waals surface area contributed by atoms with Gasteiger partial charge in [0, 0.05) is 19.0 Å². The Balaban J connectivity index is 1.77. The van der Waals surface area contributed by atoms with E-state index in [1.165, 1.54) is 38.5 Å². The van der Waals surface area contributed by atoms with E-state index in [4.69, 9.17) is 0 Å². The van der Waals surface area contributed by atoms with E-state index < -0.39 is 0 Å². The number of nitrogens with zero attached hydrogens (tertiary/aromatic N) is 1. The van der Waals surface area contributed by atoms with Crippen molar-refractivity contribution >= 4 is 5.91 Å². The molecule has 1 saturated heterocycles. The van der Waals surface area contributed by atoms with Crippen molar-refractivity contribution in [2.75, 3.05) is 19.6 Å². The second-order valence-electron chi connectivity index (χ2n) is 5.93. The summed E-state index contributed by atoms with van der Waals surface area (Å²) in [7, 11) is 0. The number of rotatable bonds is 7.